The quantitative estimate of drug-likeness (QED) is 0.812. The molecule has 0 spiro atoms. The van der Waals surface area contributed by atoms with Gasteiger partial charge in [-0.25, -0.2) is 4.98 Å². The van der Waals surface area contributed by atoms with Gasteiger partial charge in [0.15, 0.2) is 0 Å². The summed E-state index contributed by atoms with van der Waals surface area (Å²) in [6.07, 6.45) is 3.87. The van der Waals surface area contributed by atoms with Gasteiger partial charge >= 0.3 is 0 Å². The molecule has 4 heteroatoms. The third-order valence-electron chi connectivity index (χ3n) is 2.19. The Balaban J connectivity index is 2.65. The molecule has 0 saturated carbocycles. The number of halogens is 1. The largest absolute Gasteiger partial charge is 0.395 e. The summed E-state index contributed by atoms with van der Waals surface area (Å²) in [5.41, 5.74) is 0. The number of aromatic nitrogens is 1. The second-order valence-corrected chi connectivity index (χ2v) is 3.84. The van der Waals surface area contributed by atoms with Crippen LogP contribution < -0.4 is 4.90 Å². The second-order valence-electron chi connectivity index (χ2n) is 3.40. The minimum Gasteiger partial charge on any atom is -0.395 e. The van der Waals surface area contributed by atoms with Gasteiger partial charge in [0.2, 0.25) is 0 Å². The van der Waals surface area contributed by atoms with Crippen LogP contribution in [-0.2, 0) is 0 Å². The van der Waals surface area contributed by atoms with E-state index in [1.165, 1.54) is 0 Å². The maximum absolute atomic E-state index is 8.96. The second kappa shape index (κ2) is 6.64. The average molecular weight is 229 g/mol. The molecular formula is C11H17ClN2O. The summed E-state index contributed by atoms with van der Waals surface area (Å²) in [6.45, 7) is 3.83. The number of anilines is 1. The Morgan fingerprint density at radius 3 is 2.73 bits per heavy atom. The fraction of sp³-hybridized carbons (Fsp3) is 0.545. The van der Waals surface area contributed by atoms with Crippen molar-refractivity contribution in [2.45, 2.75) is 19.8 Å². The lowest BCUT2D eigenvalue weighted by atomic mass is 10.3. The van der Waals surface area contributed by atoms with Crippen LogP contribution in [0.4, 0.5) is 5.82 Å². The van der Waals surface area contributed by atoms with Crippen LogP contribution in [0.15, 0.2) is 18.3 Å². The monoisotopic (exact) mass is 228 g/mol. The van der Waals surface area contributed by atoms with Crippen LogP contribution in [0, 0.1) is 0 Å². The molecule has 0 aromatic carbocycles. The topological polar surface area (TPSA) is 36.4 Å². The van der Waals surface area contributed by atoms with Crippen LogP contribution in [-0.4, -0.2) is 29.8 Å². The number of unbranched alkanes of at least 4 members (excludes halogenated alkanes) is 1. The Kier molecular flexibility index (Phi) is 5.43. The van der Waals surface area contributed by atoms with Gasteiger partial charge in [0.25, 0.3) is 0 Å². The summed E-state index contributed by atoms with van der Waals surface area (Å²) in [5, 5.41) is 9.59. The number of nitrogens with zero attached hydrogens (tertiary/aromatic N) is 2. The van der Waals surface area contributed by atoms with E-state index in [1.807, 2.05) is 12.1 Å². The molecule has 84 valence electrons. The van der Waals surface area contributed by atoms with Crippen molar-refractivity contribution in [3.05, 3.63) is 23.4 Å². The van der Waals surface area contributed by atoms with E-state index in [1.54, 1.807) is 6.20 Å². The van der Waals surface area contributed by atoms with E-state index >= 15 is 0 Å². The van der Waals surface area contributed by atoms with Gasteiger partial charge in [-0.3, -0.25) is 0 Å². The zero-order chi connectivity index (χ0) is 11.1. The maximum Gasteiger partial charge on any atom is 0.128 e. The molecule has 0 aliphatic carbocycles. The zero-order valence-electron chi connectivity index (χ0n) is 8.99. The van der Waals surface area contributed by atoms with Crippen LogP contribution in [0.1, 0.15) is 19.8 Å². The van der Waals surface area contributed by atoms with Gasteiger partial charge in [0, 0.05) is 19.3 Å². The van der Waals surface area contributed by atoms with Crippen molar-refractivity contribution in [1.82, 2.24) is 4.98 Å². The smallest absolute Gasteiger partial charge is 0.128 e. The Morgan fingerprint density at radius 2 is 2.20 bits per heavy atom. The van der Waals surface area contributed by atoms with Crippen LogP contribution in [0.3, 0.4) is 0 Å². The molecule has 0 bridgehead atoms. The first-order chi connectivity index (χ1) is 7.27. The fourth-order valence-corrected chi connectivity index (χ4v) is 1.48. The molecule has 0 radical (unpaired) electrons. The van der Waals surface area contributed by atoms with Gasteiger partial charge in [-0.1, -0.05) is 24.9 Å². The van der Waals surface area contributed by atoms with Crippen LogP contribution in [0.5, 0.6) is 0 Å². The van der Waals surface area contributed by atoms with Gasteiger partial charge in [-0.2, -0.15) is 0 Å². The maximum atomic E-state index is 8.96. The van der Waals surface area contributed by atoms with Gasteiger partial charge in [-0.15, -0.1) is 0 Å². The molecular weight excluding hydrogens is 212 g/mol. The highest BCUT2D eigenvalue weighted by molar-refractivity contribution is 6.30. The van der Waals surface area contributed by atoms with E-state index in [-0.39, 0.29) is 6.61 Å². The lowest BCUT2D eigenvalue weighted by Gasteiger charge is -2.22. The molecule has 1 N–H and O–H groups in total. The van der Waals surface area contributed by atoms with Crippen molar-refractivity contribution in [2.75, 3.05) is 24.6 Å². The normalized spacial score (nSPS) is 10.3. The van der Waals surface area contributed by atoms with Gasteiger partial charge in [0.05, 0.1) is 11.6 Å². The molecule has 0 unspecified atom stereocenters. The molecule has 0 amide bonds. The molecule has 15 heavy (non-hydrogen) atoms. The Bertz CT molecular complexity index is 276. The van der Waals surface area contributed by atoms with Crippen LogP contribution in [0.25, 0.3) is 0 Å². The third kappa shape index (κ3) is 4.06. The van der Waals surface area contributed by atoms with Gasteiger partial charge in [-0.05, 0) is 18.6 Å². The molecule has 0 saturated heterocycles. The van der Waals surface area contributed by atoms with E-state index in [9.17, 15) is 0 Å². The molecule has 1 aromatic heterocycles. The van der Waals surface area contributed by atoms with Crippen LogP contribution >= 0.6 is 11.6 Å². The van der Waals surface area contributed by atoms with E-state index in [0.717, 1.165) is 25.2 Å². The van der Waals surface area contributed by atoms with Gasteiger partial charge < -0.3 is 10.0 Å². The first kappa shape index (κ1) is 12.3. The molecule has 0 atom stereocenters. The molecule has 1 rings (SSSR count). The summed E-state index contributed by atoms with van der Waals surface area (Å²) in [4.78, 5) is 6.30. The predicted molar refractivity (Wildman–Crippen MR) is 63.5 cm³/mol. The highest BCUT2D eigenvalue weighted by Gasteiger charge is 2.05. The first-order valence-corrected chi connectivity index (χ1v) is 5.63. The lowest BCUT2D eigenvalue weighted by molar-refractivity contribution is 0.301. The Hall–Kier alpha value is -0.800. The number of hydrogen-bond acceptors (Lipinski definition) is 3. The predicted octanol–water partition coefficient (Wildman–Crippen LogP) is 2.33. The van der Waals surface area contributed by atoms with E-state index in [0.29, 0.717) is 11.6 Å². The number of aliphatic hydroxyl groups excluding tert-OH is 1. The van der Waals surface area contributed by atoms with E-state index in [4.69, 9.17) is 16.7 Å². The molecule has 1 heterocycles. The van der Waals surface area contributed by atoms with Crippen molar-refractivity contribution in [1.29, 1.82) is 0 Å². The molecule has 1 aromatic rings. The number of rotatable bonds is 6. The van der Waals surface area contributed by atoms with Crippen molar-refractivity contribution in [3.8, 4) is 0 Å². The minimum atomic E-state index is 0.147. The SMILES string of the molecule is CCCCN(CCO)c1ccc(Cl)cn1. The summed E-state index contributed by atoms with van der Waals surface area (Å²) in [6, 6.07) is 3.70. The molecule has 0 aliphatic heterocycles. The summed E-state index contributed by atoms with van der Waals surface area (Å²) < 4.78 is 0. The van der Waals surface area contributed by atoms with Crippen molar-refractivity contribution in [2.24, 2.45) is 0 Å². The third-order valence-corrected chi connectivity index (χ3v) is 2.41. The van der Waals surface area contributed by atoms with Crippen molar-refractivity contribution >= 4 is 17.4 Å². The number of hydrogen-bond donors (Lipinski definition) is 1. The zero-order valence-corrected chi connectivity index (χ0v) is 9.74. The highest BCUT2D eigenvalue weighted by Crippen LogP contribution is 2.14. The lowest BCUT2D eigenvalue weighted by Crippen LogP contribution is -2.28. The number of aliphatic hydroxyl groups is 1. The number of pyridine rings is 1. The summed E-state index contributed by atoms with van der Waals surface area (Å²) in [7, 11) is 0. The van der Waals surface area contributed by atoms with Crippen LogP contribution in [0.2, 0.25) is 5.02 Å². The Morgan fingerprint density at radius 1 is 1.40 bits per heavy atom. The van der Waals surface area contributed by atoms with Gasteiger partial charge in [0.1, 0.15) is 5.82 Å². The standard InChI is InChI=1S/C11H17ClN2O/c1-2-3-6-14(7-8-15)11-5-4-10(12)9-13-11/h4-5,9,15H,2-3,6-8H2,1H3. The summed E-state index contributed by atoms with van der Waals surface area (Å²) in [5.74, 6) is 0.877. The van der Waals surface area contributed by atoms with Crippen molar-refractivity contribution < 1.29 is 5.11 Å². The van der Waals surface area contributed by atoms with E-state index in [2.05, 4.69) is 16.8 Å². The average Bonchev–Trinajstić information content (AvgIpc) is 2.25. The first-order valence-electron chi connectivity index (χ1n) is 5.25. The Labute approximate surface area is 95.7 Å². The molecule has 0 fully saturated rings. The highest BCUT2D eigenvalue weighted by atomic mass is 35.5. The fourth-order valence-electron chi connectivity index (χ4n) is 1.37. The van der Waals surface area contributed by atoms with E-state index < -0.39 is 0 Å². The minimum absolute atomic E-state index is 0.147. The molecule has 0 aliphatic rings. The summed E-state index contributed by atoms with van der Waals surface area (Å²) >= 11 is 5.77. The molecule has 3 nitrogen and oxygen atoms in total. The van der Waals surface area contributed by atoms with Crippen molar-refractivity contribution in [3.63, 3.8) is 0 Å².